The highest BCUT2D eigenvalue weighted by Crippen LogP contribution is 2.38. The van der Waals surface area contributed by atoms with Crippen molar-refractivity contribution in [3.05, 3.63) is 24.3 Å². The summed E-state index contributed by atoms with van der Waals surface area (Å²) in [6.07, 6.45) is 48.9. The Morgan fingerprint density at radius 3 is 1.43 bits per heavy atom. The normalized spacial score (nSPS) is 14.4. The van der Waals surface area contributed by atoms with Gasteiger partial charge in [0.25, 0.3) is 7.82 Å². The second-order valence-corrected chi connectivity index (χ2v) is 19.6. The molecule has 1 amide bonds. The van der Waals surface area contributed by atoms with Gasteiger partial charge in [0.05, 0.1) is 39.9 Å². The Morgan fingerprint density at radius 1 is 0.603 bits per heavy atom. The fourth-order valence-corrected chi connectivity index (χ4v) is 7.99. The zero-order valence-corrected chi connectivity index (χ0v) is 39.9. The van der Waals surface area contributed by atoms with Crippen LogP contribution in [0.25, 0.3) is 0 Å². The monoisotopic (exact) mass is 841 g/mol. The number of carbonyl (C=O) groups excluding carboxylic acids is 1. The van der Waals surface area contributed by atoms with Crippen LogP contribution in [0.4, 0.5) is 0 Å². The van der Waals surface area contributed by atoms with Crippen LogP contribution in [0.2, 0.25) is 0 Å². The standard InChI is InChI=1S/C49H97N2O6P/c1-6-8-10-12-14-16-18-20-22-24-25-27-29-31-33-35-37-39-41-43-49(53)50-47(46-57-58(54,55)56-45-44-51(3,4)5)48(52)42-40-38-36-34-32-30-28-26-23-21-19-17-15-13-11-9-7-2/h14,16,18,20,47-48,52H,6-13,15,17,19,21-46H2,1-5H3,(H-,50,53,54,55)/b16-14-,20-18-. The van der Waals surface area contributed by atoms with Crippen LogP contribution < -0.4 is 10.2 Å². The lowest BCUT2D eigenvalue weighted by atomic mass is 10.0. The number of likely N-dealkylation sites (N-methyl/N-ethyl adjacent to an activating group) is 1. The lowest BCUT2D eigenvalue weighted by Gasteiger charge is -2.30. The molecule has 0 radical (unpaired) electrons. The summed E-state index contributed by atoms with van der Waals surface area (Å²) in [6, 6.07) is -0.800. The first-order valence-corrected chi connectivity index (χ1v) is 26.2. The van der Waals surface area contributed by atoms with Crippen LogP contribution in [0.15, 0.2) is 24.3 Å². The Morgan fingerprint density at radius 2 is 0.983 bits per heavy atom. The summed E-state index contributed by atoms with van der Waals surface area (Å²) in [6.45, 7) is 4.71. The van der Waals surface area contributed by atoms with E-state index in [4.69, 9.17) is 9.05 Å². The molecule has 0 aromatic heterocycles. The van der Waals surface area contributed by atoms with Crippen molar-refractivity contribution in [2.24, 2.45) is 0 Å². The SMILES string of the molecule is CCCCC/C=C\C=C/CCCCCCCCCCCCC(=O)NC(COP(=O)([O-])OCC[N+](C)(C)C)C(O)CCCCCCCCCCCCCCCCCCC. The Labute approximate surface area is 360 Å². The lowest BCUT2D eigenvalue weighted by Crippen LogP contribution is -2.46. The first kappa shape index (κ1) is 57.0. The van der Waals surface area contributed by atoms with E-state index in [1.54, 1.807) is 0 Å². The molecule has 3 atom stereocenters. The van der Waals surface area contributed by atoms with Gasteiger partial charge in [-0.3, -0.25) is 9.36 Å². The lowest BCUT2D eigenvalue weighted by molar-refractivity contribution is -0.870. The van der Waals surface area contributed by atoms with Gasteiger partial charge in [-0.1, -0.05) is 212 Å². The minimum absolute atomic E-state index is 0.0124. The maximum atomic E-state index is 12.9. The number of unbranched alkanes of at least 4 members (excludes halogenated alkanes) is 29. The Kier molecular flexibility index (Phi) is 40.6. The van der Waals surface area contributed by atoms with Gasteiger partial charge in [0.2, 0.25) is 5.91 Å². The van der Waals surface area contributed by atoms with Crippen LogP contribution in [0.1, 0.15) is 232 Å². The number of carbonyl (C=O) groups is 1. The van der Waals surface area contributed by atoms with Crippen molar-refractivity contribution in [2.75, 3.05) is 40.9 Å². The predicted octanol–water partition coefficient (Wildman–Crippen LogP) is 13.5. The third-order valence-electron chi connectivity index (χ3n) is 11.2. The van der Waals surface area contributed by atoms with E-state index in [9.17, 15) is 19.4 Å². The summed E-state index contributed by atoms with van der Waals surface area (Å²) in [5.41, 5.74) is 0. The molecule has 0 aliphatic carbocycles. The molecule has 8 nitrogen and oxygen atoms in total. The van der Waals surface area contributed by atoms with Crippen LogP contribution in [-0.2, 0) is 18.4 Å². The van der Waals surface area contributed by atoms with Gasteiger partial charge in [-0.25, -0.2) is 0 Å². The Bertz CT molecular complexity index is 1000. The highest BCUT2D eigenvalue weighted by molar-refractivity contribution is 7.45. The molecular formula is C49H97N2O6P. The first-order valence-electron chi connectivity index (χ1n) is 24.7. The minimum Gasteiger partial charge on any atom is -0.756 e. The van der Waals surface area contributed by atoms with Crippen LogP contribution >= 0.6 is 7.82 Å². The van der Waals surface area contributed by atoms with Crippen molar-refractivity contribution in [1.29, 1.82) is 0 Å². The van der Waals surface area contributed by atoms with Crippen molar-refractivity contribution >= 4 is 13.7 Å². The summed E-state index contributed by atoms with van der Waals surface area (Å²) in [4.78, 5) is 25.4. The maximum Gasteiger partial charge on any atom is 0.268 e. The smallest absolute Gasteiger partial charge is 0.268 e. The number of phosphoric acid groups is 1. The zero-order valence-electron chi connectivity index (χ0n) is 39.0. The number of hydrogen-bond acceptors (Lipinski definition) is 6. The van der Waals surface area contributed by atoms with E-state index in [-0.39, 0.29) is 19.1 Å². The molecule has 0 saturated heterocycles. The van der Waals surface area contributed by atoms with Gasteiger partial charge >= 0.3 is 0 Å². The quantitative estimate of drug-likeness (QED) is 0.0274. The van der Waals surface area contributed by atoms with E-state index in [0.29, 0.717) is 23.9 Å². The minimum atomic E-state index is -4.57. The molecule has 0 bridgehead atoms. The molecule has 2 N–H and O–H groups in total. The van der Waals surface area contributed by atoms with E-state index in [0.717, 1.165) is 38.5 Å². The van der Waals surface area contributed by atoms with Crippen molar-refractivity contribution in [1.82, 2.24) is 5.32 Å². The fourth-order valence-electron chi connectivity index (χ4n) is 7.27. The van der Waals surface area contributed by atoms with Crippen LogP contribution in [-0.4, -0.2) is 68.5 Å². The van der Waals surface area contributed by atoms with Crippen LogP contribution in [0.5, 0.6) is 0 Å². The number of aliphatic hydroxyl groups is 1. The third kappa shape index (κ3) is 43.1. The number of phosphoric ester groups is 1. The molecule has 0 aliphatic heterocycles. The maximum absolute atomic E-state index is 12.9. The summed E-state index contributed by atoms with van der Waals surface area (Å²) >= 11 is 0. The van der Waals surface area contributed by atoms with Crippen LogP contribution in [0.3, 0.4) is 0 Å². The number of hydrogen-bond donors (Lipinski definition) is 2. The predicted molar refractivity (Wildman–Crippen MR) is 247 cm³/mol. The van der Waals surface area contributed by atoms with Gasteiger partial charge in [0.15, 0.2) is 0 Å². The van der Waals surface area contributed by atoms with Gasteiger partial charge in [-0.05, 0) is 38.5 Å². The number of amides is 1. The number of nitrogens with one attached hydrogen (secondary N) is 1. The Hall–Kier alpha value is -1.02. The fraction of sp³-hybridized carbons (Fsp3) is 0.898. The van der Waals surface area contributed by atoms with Crippen molar-refractivity contribution in [3.63, 3.8) is 0 Å². The summed E-state index contributed by atoms with van der Waals surface area (Å²) in [5, 5.41) is 14.0. The van der Waals surface area contributed by atoms with Gasteiger partial charge in [-0.15, -0.1) is 0 Å². The van der Waals surface area contributed by atoms with E-state index >= 15 is 0 Å². The number of allylic oxidation sites excluding steroid dienone is 4. The zero-order chi connectivity index (χ0) is 42.8. The summed E-state index contributed by atoms with van der Waals surface area (Å²) in [5.74, 6) is -0.167. The molecule has 3 unspecified atom stereocenters. The molecule has 58 heavy (non-hydrogen) atoms. The molecule has 0 aromatic carbocycles. The second kappa shape index (κ2) is 41.3. The average Bonchev–Trinajstić information content (AvgIpc) is 3.17. The number of aliphatic hydroxyl groups excluding tert-OH is 1. The molecular weight excluding hydrogens is 744 g/mol. The van der Waals surface area contributed by atoms with E-state index in [1.165, 1.54) is 167 Å². The van der Waals surface area contributed by atoms with Gasteiger partial charge in [0, 0.05) is 6.42 Å². The molecule has 0 heterocycles. The summed E-state index contributed by atoms with van der Waals surface area (Å²) in [7, 11) is 1.31. The van der Waals surface area contributed by atoms with E-state index in [2.05, 4.69) is 43.5 Å². The van der Waals surface area contributed by atoms with Crippen LogP contribution in [0, 0.1) is 0 Å². The first-order chi connectivity index (χ1) is 28.0. The number of rotatable bonds is 45. The molecule has 0 aliphatic rings. The van der Waals surface area contributed by atoms with Crippen molar-refractivity contribution in [3.8, 4) is 0 Å². The average molecular weight is 841 g/mol. The second-order valence-electron chi connectivity index (χ2n) is 18.2. The highest BCUT2D eigenvalue weighted by atomic mass is 31.2. The molecule has 0 rings (SSSR count). The van der Waals surface area contributed by atoms with Crippen molar-refractivity contribution in [2.45, 2.75) is 244 Å². The van der Waals surface area contributed by atoms with E-state index in [1.807, 2.05) is 21.1 Å². The van der Waals surface area contributed by atoms with Gasteiger partial charge in [0.1, 0.15) is 13.2 Å². The van der Waals surface area contributed by atoms with Gasteiger partial charge in [-0.2, -0.15) is 0 Å². The largest absolute Gasteiger partial charge is 0.756 e. The molecule has 344 valence electrons. The molecule has 0 spiro atoms. The summed E-state index contributed by atoms with van der Waals surface area (Å²) < 4.78 is 23.3. The van der Waals surface area contributed by atoms with E-state index < -0.39 is 20.0 Å². The van der Waals surface area contributed by atoms with Crippen molar-refractivity contribution < 1.29 is 32.9 Å². The third-order valence-corrected chi connectivity index (χ3v) is 12.2. The highest BCUT2D eigenvalue weighted by Gasteiger charge is 2.24. The molecule has 0 saturated carbocycles. The van der Waals surface area contributed by atoms with Gasteiger partial charge < -0.3 is 28.8 Å². The number of nitrogens with zero attached hydrogens (tertiary/aromatic N) is 1. The number of quaternary nitrogens is 1. The molecule has 9 heteroatoms. The Balaban J connectivity index is 4.28. The topological polar surface area (TPSA) is 108 Å². The molecule has 0 aromatic rings. The molecule has 0 fully saturated rings.